The molecule has 2 heterocycles. The number of piperidine rings is 2. The summed E-state index contributed by atoms with van der Waals surface area (Å²) in [4.78, 5) is 31.6. The molecule has 0 aliphatic carbocycles. The molecule has 0 unspecified atom stereocenters. The summed E-state index contributed by atoms with van der Waals surface area (Å²) in [5.41, 5.74) is -0.220. The predicted octanol–water partition coefficient (Wildman–Crippen LogP) is 5.03. The molecule has 9 nitrogen and oxygen atoms in total. The van der Waals surface area contributed by atoms with E-state index in [0.717, 1.165) is 30.8 Å². The van der Waals surface area contributed by atoms with Gasteiger partial charge in [0.05, 0.1) is 9.85 Å². The number of halogens is 2. The number of benzene rings is 2. The first-order chi connectivity index (χ1) is 16.8. The van der Waals surface area contributed by atoms with Crippen molar-refractivity contribution in [3.8, 4) is 0 Å². The number of rotatable bonds is 5. The fraction of sp³-hybridized carbons (Fsp3) is 0.458. The Balaban J connectivity index is 0.000000207. The Kier molecular flexibility index (Phi) is 11.8. The maximum absolute atomic E-state index is 13.1. The van der Waals surface area contributed by atoms with E-state index in [1.807, 2.05) is 0 Å². The van der Waals surface area contributed by atoms with Gasteiger partial charge in [0.2, 0.25) is 11.6 Å². The van der Waals surface area contributed by atoms with Crippen molar-refractivity contribution in [1.29, 1.82) is 0 Å². The van der Waals surface area contributed by atoms with Crippen LogP contribution in [0.3, 0.4) is 0 Å². The fourth-order valence-corrected chi connectivity index (χ4v) is 3.72. The fourth-order valence-electron chi connectivity index (χ4n) is 3.72. The van der Waals surface area contributed by atoms with Crippen LogP contribution < -0.4 is 5.32 Å². The predicted molar refractivity (Wildman–Crippen MR) is 127 cm³/mol. The van der Waals surface area contributed by atoms with Crippen molar-refractivity contribution < 1.29 is 23.4 Å². The van der Waals surface area contributed by atoms with E-state index in [1.54, 1.807) is 6.07 Å². The summed E-state index contributed by atoms with van der Waals surface area (Å²) in [6.45, 7) is 5.21. The summed E-state index contributed by atoms with van der Waals surface area (Å²) in [5, 5.41) is 24.0. The second-order valence-corrected chi connectivity index (χ2v) is 8.28. The van der Waals surface area contributed by atoms with E-state index >= 15 is 0 Å². The first-order valence-electron chi connectivity index (χ1n) is 11.6. The number of carbonyl (C=O) groups excluding carboxylic acids is 1. The van der Waals surface area contributed by atoms with Crippen LogP contribution in [0, 0.1) is 31.9 Å². The molecule has 0 spiro atoms. The normalized spacial score (nSPS) is 15.6. The van der Waals surface area contributed by atoms with E-state index in [-0.39, 0.29) is 5.56 Å². The standard InChI is InChI=1S/C12H15FN2O2.C7H4FNO3.C5H11N/c13-11-5-4-10(8-12(11)15(16)17)9-14-6-2-1-3-7-14;8-6-2-1-5(4-10)3-7(6)9(11)12;1-2-4-6-5-3-1/h4-5,8H,1-3,6-7,9H2;1-4H;6H,1-5H2. The third-order valence-corrected chi connectivity index (χ3v) is 5.57. The molecule has 2 aromatic carbocycles. The number of aldehydes is 1. The van der Waals surface area contributed by atoms with Crippen LogP contribution in [0.15, 0.2) is 36.4 Å². The molecule has 11 heteroatoms. The zero-order chi connectivity index (χ0) is 25.6. The van der Waals surface area contributed by atoms with Gasteiger partial charge in [-0.25, -0.2) is 0 Å². The summed E-state index contributed by atoms with van der Waals surface area (Å²) in [6.07, 6.45) is 8.23. The zero-order valence-electron chi connectivity index (χ0n) is 19.5. The van der Waals surface area contributed by atoms with Gasteiger partial charge >= 0.3 is 11.4 Å². The monoisotopic (exact) mass is 492 g/mol. The first kappa shape index (κ1) is 27.9. The number of nitro groups is 2. The van der Waals surface area contributed by atoms with E-state index < -0.39 is 32.9 Å². The molecular formula is C24H30F2N4O5. The van der Waals surface area contributed by atoms with E-state index in [1.165, 1.54) is 69.8 Å². The Labute approximate surface area is 202 Å². The van der Waals surface area contributed by atoms with Crippen molar-refractivity contribution in [1.82, 2.24) is 10.2 Å². The van der Waals surface area contributed by atoms with Gasteiger partial charge in [0, 0.05) is 24.2 Å². The molecule has 4 rings (SSSR count). The molecule has 35 heavy (non-hydrogen) atoms. The van der Waals surface area contributed by atoms with Gasteiger partial charge in [0.1, 0.15) is 6.29 Å². The first-order valence-corrected chi connectivity index (χ1v) is 11.6. The van der Waals surface area contributed by atoms with Crippen LogP contribution in [0.5, 0.6) is 0 Å². The Morgan fingerprint density at radius 1 is 0.829 bits per heavy atom. The lowest BCUT2D eigenvalue weighted by atomic mass is 10.1. The molecule has 2 aliphatic rings. The molecule has 0 saturated carbocycles. The van der Waals surface area contributed by atoms with Crippen LogP contribution in [-0.4, -0.2) is 47.2 Å². The SMILES string of the molecule is C1CCNCC1.O=Cc1ccc(F)c([N+](=O)[O-])c1.O=[N+]([O-])c1cc(CN2CCCCC2)ccc1F. The Hall–Kier alpha value is -3.31. The molecule has 1 N–H and O–H groups in total. The summed E-state index contributed by atoms with van der Waals surface area (Å²) in [5.74, 6) is -1.71. The lowest BCUT2D eigenvalue weighted by Gasteiger charge is -2.26. The van der Waals surface area contributed by atoms with Crippen molar-refractivity contribution >= 4 is 17.7 Å². The smallest absolute Gasteiger partial charge is 0.305 e. The number of nitro benzene ring substituents is 2. The van der Waals surface area contributed by atoms with Gasteiger partial charge in [0.15, 0.2) is 0 Å². The van der Waals surface area contributed by atoms with E-state index in [4.69, 9.17) is 0 Å². The molecular weight excluding hydrogens is 462 g/mol. The Morgan fingerprint density at radius 2 is 1.37 bits per heavy atom. The minimum Gasteiger partial charge on any atom is -0.317 e. The van der Waals surface area contributed by atoms with Crippen LogP contribution in [0.4, 0.5) is 20.2 Å². The number of hydrogen-bond acceptors (Lipinski definition) is 7. The quantitative estimate of drug-likeness (QED) is 0.353. The second-order valence-electron chi connectivity index (χ2n) is 8.28. The van der Waals surface area contributed by atoms with E-state index in [2.05, 4.69) is 10.2 Å². The van der Waals surface area contributed by atoms with Crippen LogP contribution >= 0.6 is 0 Å². The molecule has 0 bridgehead atoms. The molecule has 2 fully saturated rings. The average molecular weight is 493 g/mol. The van der Waals surface area contributed by atoms with Gasteiger partial charge in [-0.2, -0.15) is 8.78 Å². The van der Waals surface area contributed by atoms with E-state index in [0.29, 0.717) is 12.8 Å². The maximum Gasteiger partial charge on any atom is 0.305 e. The summed E-state index contributed by atoms with van der Waals surface area (Å²) in [7, 11) is 0. The lowest BCUT2D eigenvalue weighted by molar-refractivity contribution is -0.387. The molecule has 2 aromatic rings. The van der Waals surface area contributed by atoms with Gasteiger partial charge in [-0.3, -0.25) is 29.9 Å². The topological polar surface area (TPSA) is 119 Å². The van der Waals surface area contributed by atoms with Crippen molar-refractivity contribution in [3.63, 3.8) is 0 Å². The van der Waals surface area contributed by atoms with Crippen molar-refractivity contribution in [2.75, 3.05) is 26.2 Å². The zero-order valence-corrected chi connectivity index (χ0v) is 19.5. The summed E-state index contributed by atoms with van der Waals surface area (Å²) < 4.78 is 25.7. The summed E-state index contributed by atoms with van der Waals surface area (Å²) in [6, 6.07) is 7.10. The van der Waals surface area contributed by atoms with E-state index in [9.17, 15) is 33.8 Å². The number of likely N-dealkylation sites (tertiary alicyclic amines) is 1. The van der Waals surface area contributed by atoms with Crippen molar-refractivity contribution in [3.05, 3.63) is 79.4 Å². The van der Waals surface area contributed by atoms with Crippen LogP contribution in [0.25, 0.3) is 0 Å². The lowest BCUT2D eigenvalue weighted by Crippen LogP contribution is -2.29. The second kappa shape index (κ2) is 14.8. The van der Waals surface area contributed by atoms with Gasteiger partial charge in [0.25, 0.3) is 0 Å². The molecule has 0 aromatic heterocycles. The van der Waals surface area contributed by atoms with Gasteiger partial charge < -0.3 is 5.32 Å². The van der Waals surface area contributed by atoms with Crippen molar-refractivity contribution in [2.45, 2.75) is 45.1 Å². The van der Waals surface area contributed by atoms with Crippen LogP contribution in [-0.2, 0) is 6.54 Å². The maximum atomic E-state index is 13.1. The van der Waals surface area contributed by atoms with Crippen LogP contribution in [0.1, 0.15) is 54.4 Å². The minimum atomic E-state index is -0.939. The molecule has 0 radical (unpaired) electrons. The number of hydrogen-bond donors (Lipinski definition) is 1. The highest BCUT2D eigenvalue weighted by Crippen LogP contribution is 2.21. The largest absolute Gasteiger partial charge is 0.317 e. The van der Waals surface area contributed by atoms with Gasteiger partial charge in [-0.1, -0.05) is 18.9 Å². The highest BCUT2D eigenvalue weighted by atomic mass is 19.1. The van der Waals surface area contributed by atoms with Gasteiger partial charge in [-0.05, 0) is 75.6 Å². The van der Waals surface area contributed by atoms with Gasteiger partial charge in [-0.15, -0.1) is 0 Å². The third-order valence-electron chi connectivity index (χ3n) is 5.57. The number of nitrogens with one attached hydrogen (secondary N) is 1. The van der Waals surface area contributed by atoms with Crippen LogP contribution in [0.2, 0.25) is 0 Å². The molecule has 2 aliphatic heterocycles. The van der Waals surface area contributed by atoms with Crippen molar-refractivity contribution in [2.24, 2.45) is 0 Å². The molecule has 190 valence electrons. The minimum absolute atomic E-state index is 0.0862. The summed E-state index contributed by atoms with van der Waals surface area (Å²) >= 11 is 0. The number of carbonyl (C=O) groups is 1. The molecule has 2 saturated heterocycles. The Bertz CT molecular complexity index is 984. The Morgan fingerprint density at radius 3 is 1.86 bits per heavy atom. The highest BCUT2D eigenvalue weighted by molar-refractivity contribution is 5.76. The third kappa shape index (κ3) is 9.83. The molecule has 0 amide bonds. The average Bonchev–Trinajstić information content (AvgIpc) is 2.87. The number of nitrogens with zero attached hydrogens (tertiary/aromatic N) is 3. The molecule has 0 atom stereocenters. The highest BCUT2D eigenvalue weighted by Gasteiger charge is 2.17.